The molecule has 0 fully saturated rings. The highest BCUT2D eigenvalue weighted by Crippen LogP contribution is 2.06. The van der Waals surface area contributed by atoms with Crippen molar-refractivity contribution in [2.75, 3.05) is 20.2 Å². The van der Waals surface area contributed by atoms with Gasteiger partial charge in [-0.15, -0.1) is 0 Å². The third-order valence-corrected chi connectivity index (χ3v) is 2.80. The number of nitrogens with one attached hydrogen (secondary N) is 1. The number of aliphatic hydroxyl groups is 1. The summed E-state index contributed by atoms with van der Waals surface area (Å²) in [5.74, 6) is -0.799. The predicted molar refractivity (Wildman–Crippen MR) is 73.0 cm³/mol. The highest BCUT2D eigenvalue weighted by Gasteiger charge is 2.22. The van der Waals surface area contributed by atoms with Crippen molar-refractivity contribution >= 4 is 12.0 Å². The van der Waals surface area contributed by atoms with Crippen molar-refractivity contribution < 1.29 is 19.8 Å². The van der Waals surface area contributed by atoms with Gasteiger partial charge in [-0.1, -0.05) is 13.8 Å². The zero-order valence-corrected chi connectivity index (χ0v) is 12.1. The molecule has 6 nitrogen and oxygen atoms in total. The SMILES string of the molecule is CC(C)C[C@@H](NC(=O)N(C)CCCCCO)C(=O)O. The molecule has 0 radical (unpaired) electrons. The molecule has 0 spiro atoms. The van der Waals surface area contributed by atoms with Crippen LogP contribution in [0.15, 0.2) is 0 Å². The number of hydrogen-bond acceptors (Lipinski definition) is 3. The molecular weight excluding hydrogens is 248 g/mol. The van der Waals surface area contributed by atoms with Gasteiger partial charge in [0.1, 0.15) is 6.04 Å². The average Bonchev–Trinajstić information content (AvgIpc) is 2.32. The molecule has 0 bridgehead atoms. The number of amides is 2. The van der Waals surface area contributed by atoms with Crippen LogP contribution in [0.2, 0.25) is 0 Å². The van der Waals surface area contributed by atoms with Crippen LogP contribution in [0.25, 0.3) is 0 Å². The molecule has 112 valence electrons. The van der Waals surface area contributed by atoms with Crippen molar-refractivity contribution in [3.63, 3.8) is 0 Å². The Morgan fingerprint density at radius 3 is 2.32 bits per heavy atom. The Morgan fingerprint density at radius 1 is 1.21 bits per heavy atom. The summed E-state index contributed by atoms with van der Waals surface area (Å²) in [6.45, 7) is 4.55. The number of carboxylic acids is 1. The minimum atomic E-state index is -1.00. The Labute approximate surface area is 114 Å². The fraction of sp³-hybridized carbons (Fsp3) is 0.846. The third kappa shape index (κ3) is 8.42. The summed E-state index contributed by atoms with van der Waals surface area (Å²) in [5.41, 5.74) is 0. The largest absolute Gasteiger partial charge is 0.480 e. The molecule has 0 aliphatic rings. The van der Waals surface area contributed by atoms with Gasteiger partial charge in [-0.2, -0.15) is 0 Å². The molecule has 0 saturated carbocycles. The maximum Gasteiger partial charge on any atom is 0.326 e. The fourth-order valence-corrected chi connectivity index (χ4v) is 1.69. The molecule has 0 aliphatic carbocycles. The van der Waals surface area contributed by atoms with Gasteiger partial charge in [-0.05, 0) is 31.6 Å². The summed E-state index contributed by atoms with van der Waals surface area (Å²) in [4.78, 5) is 24.3. The van der Waals surface area contributed by atoms with E-state index in [2.05, 4.69) is 5.32 Å². The number of aliphatic hydroxyl groups excluding tert-OH is 1. The van der Waals surface area contributed by atoms with Crippen LogP contribution in [0.3, 0.4) is 0 Å². The molecule has 1 atom stereocenters. The minimum absolute atomic E-state index is 0.158. The van der Waals surface area contributed by atoms with E-state index in [0.717, 1.165) is 19.3 Å². The summed E-state index contributed by atoms with van der Waals surface area (Å²) in [6.07, 6.45) is 2.79. The van der Waals surface area contributed by atoms with Crippen molar-refractivity contribution in [1.29, 1.82) is 0 Å². The van der Waals surface area contributed by atoms with E-state index in [1.807, 2.05) is 13.8 Å². The molecule has 19 heavy (non-hydrogen) atoms. The monoisotopic (exact) mass is 274 g/mol. The number of urea groups is 1. The van der Waals surface area contributed by atoms with Gasteiger partial charge in [0.15, 0.2) is 0 Å². The first-order valence-electron chi connectivity index (χ1n) is 6.73. The van der Waals surface area contributed by atoms with Crippen molar-refractivity contribution in [3.8, 4) is 0 Å². The van der Waals surface area contributed by atoms with E-state index in [1.165, 1.54) is 4.90 Å². The van der Waals surface area contributed by atoms with Crippen LogP contribution in [0.4, 0.5) is 4.79 Å². The fourth-order valence-electron chi connectivity index (χ4n) is 1.69. The molecular formula is C13H26N2O4. The molecule has 0 aromatic rings. The second-order valence-electron chi connectivity index (χ2n) is 5.18. The zero-order valence-electron chi connectivity index (χ0n) is 12.1. The second-order valence-corrected chi connectivity index (χ2v) is 5.18. The normalized spacial score (nSPS) is 12.3. The summed E-state index contributed by atoms with van der Waals surface area (Å²) < 4.78 is 0. The van der Waals surface area contributed by atoms with Gasteiger partial charge in [0.05, 0.1) is 0 Å². The second kappa shape index (κ2) is 9.61. The van der Waals surface area contributed by atoms with Crippen LogP contribution < -0.4 is 5.32 Å². The van der Waals surface area contributed by atoms with Crippen molar-refractivity contribution in [1.82, 2.24) is 10.2 Å². The first-order valence-corrected chi connectivity index (χ1v) is 6.73. The first kappa shape index (κ1) is 17.7. The van der Waals surface area contributed by atoms with E-state index in [4.69, 9.17) is 10.2 Å². The summed E-state index contributed by atoms with van der Waals surface area (Å²) in [5, 5.41) is 20.2. The molecule has 0 aromatic carbocycles. The lowest BCUT2D eigenvalue weighted by molar-refractivity contribution is -0.139. The quantitative estimate of drug-likeness (QED) is 0.553. The van der Waals surface area contributed by atoms with Gasteiger partial charge in [0.25, 0.3) is 0 Å². The Morgan fingerprint density at radius 2 is 1.84 bits per heavy atom. The lowest BCUT2D eigenvalue weighted by atomic mass is 10.0. The summed E-state index contributed by atoms with van der Waals surface area (Å²) in [6, 6.07) is -1.20. The number of carboxylic acid groups (broad SMARTS) is 1. The standard InChI is InChI=1S/C13H26N2O4/c1-10(2)9-11(12(17)18)14-13(19)15(3)7-5-4-6-8-16/h10-11,16H,4-9H2,1-3H3,(H,14,19)(H,17,18)/t11-/m1/s1. The topological polar surface area (TPSA) is 89.9 Å². The number of unbranched alkanes of at least 4 members (excludes halogenated alkanes) is 2. The molecule has 0 aromatic heterocycles. The van der Waals surface area contributed by atoms with E-state index in [1.54, 1.807) is 7.05 Å². The molecule has 0 saturated heterocycles. The van der Waals surface area contributed by atoms with Crippen LogP contribution in [0.5, 0.6) is 0 Å². The minimum Gasteiger partial charge on any atom is -0.480 e. The van der Waals surface area contributed by atoms with E-state index in [0.29, 0.717) is 13.0 Å². The highest BCUT2D eigenvalue weighted by atomic mass is 16.4. The predicted octanol–water partition coefficient (Wildman–Crippen LogP) is 1.29. The molecule has 0 unspecified atom stereocenters. The van der Waals surface area contributed by atoms with Gasteiger partial charge < -0.3 is 20.4 Å². The number of rotatable bonds is 9. The number of hydrogen-bond donors (Lipinski definition) is 3. The van der Waals surface area contributed by atoms with E-state index in [9.17, 15) is 9.59 Å². The van der Waals surface area contributed by atoms with Crippen molar-refractivity contribution in [2.24, 2.45) is 5.92 Å². The van der Waals surface area contributed by atoms with Gasteiger partial charge in [0.2, 0.25) is 0 Å². The average molecular weight is 274 g/mol. The molecule has 3 N–H and O–H groups in total. The Hall–Kier alpha value is -1.30. The van der Waals surface area contributed by atoms with Crippen LogP contribution >= 0.6 is 0 Å². The lowest BCUT2D eigenvalue weighted by Crippen LogP contribution is -2.47. The van der Waals surface area contributed by atoms with Crippen LogP contribution in [-0.2, 0) is 4.79 Å². The Kier molecular flexibility index (Phi) is 8.95. The smallest absolute Gasteiger partial charge is 0.326 e. The lowest BCUT2D eigenvalue weighted by Gasteiger charge is -2.22. The first-order chi connectivity index (χ1) is 8.88. The van der Waals surface area contributed by atoms with Crippen LogP contribution in [0.1, 0.15) is 39.5 Å². The number of carbonyl (C=O) groups excluding carboxylic acids is 1. The summed E-state index contributed by atoms with van der Waals surface area (Å²) in [7, 11) is 1.64. The molecule has 0 aliphatic heterocycles. The number of nitrogens with zero attached hydrogens (tertiary/aromatic N) is 1. The van der Waals surface area contributed by atoms with Crippen molar-refractivity contribution in [3.05, 3.63) is 0 Å². The van der Waals surface area contributed by atoms with Crippen molar-refractivity contribution in [2.45, 2.75) is 45.6 Å². The molecule has 0 rings (SSSR count). The Bertz CT molecular complexity index is 282. The van der Waals surface area contributed by atoms with Gasteiger partial charge in [-0.3, -0.25) is 0 Å². The van der Waals surface area contributed by atoms with Gasteiger partial charge in [0, 0.05) is 20.2 Å². The zero-order chi connectivity index (χ0) is 14.8. The molecule has 2 amide bonds. The van der Waals surface area contributed by atoms with Gasteiger partial charge >= 0.3 is 12.0 Å². The van der Waals surface area contributed by atoms with E-state index in [-0.39, 0.29) is 18.6 Å². The molecule has 0 heterocycles. The van der Waals surface area contributed by atoms with Crippen LogP contribution in [0, 0.1) is 5.92 Å². The number of carbonyl (C=O) groups is 2. The highest BCUT2D eigenvalue weighted by molar-refractivity contribution is 5.82. The maximum atomic E-state index is 11.8. The number of aliphatic carboxylic acids is 1. The Balaban J connectivity index is 4.12. The van der Waals surface area contributed by atoms with Gasteiger partial charge in [-0.25, -0.2) is 9.59 Å². The van der Waals surface area contributed by atoms with Crippen LogP contribution in [-0.4, -0.2) is 53.4 Å². The third-order valence-electron chi connectivity index (χ3n) is 2.80. The van der Waals surface area contributed by atoms with E-state index >= 15 is 0 Å². The maximum absolute atomic E-state index is 11.8. The summed E-state index contributed by atoms with van der Waals surface area (Å²) >= 11 is 0. The molecule has 6 heteroatoms. The van der Waals surface area contributed by atoms with E-state index < -0.39 is 12.0 Å².